The first kappa shape index (κ1) is 21.8. The van der Waals surface area contributed by atoms with Crippen molar-refractivity contribution in [1.29, 1.82) is 0 Å². The summed E-state index contributed by atoms with van der Waals surface area (Å²) in [5.41, 5.74) is 4.78. The van der Waals surface area contributed by atoms with Gasteiger partial charge in [-0.2, -0.15) is 5.10 Å². The van der Waals surface area contributed by atoms with Crippen molar-refractivity contribution < 1.29 is 19.0 Å². The number of methoxy groups -OCH3 is 2. The first-order valence-electron chi connectivity index (χ1n) is 9.28. The lowest BCUT2D eigenvalue weighted by Crippen LogP contribution is -2.23. The summed E-state index contributed by atoms with van der Waals surface area (Å²) in [5.74, 6) is 0.901. The summed E-state index contributed by atoms with van der Waals surface area (Å²) in [4.78, 5) is 12.4. The molecule has 0 aliphatic carbocycles. The van der Waals surface area contributed by atoms with Gasteiger partial charge in [0, 0.05) is 5.69 Å². The van der Waals surface area contributed by atoms with E-state index in [1.165, 1.54) is 14.2 Å². The van der Waals surface area contributed by atoms with Crippen molar-refractivity contribution in [3.05, 3.63) is 83.9 Å². The quantitative estimate of drug-likeness (QED) is 0.189. The molecule has 7 nitrogen and oxygen atoms in total. The summed E-state index contributed by atoms with van der Waals surface area (Å²) in [6.07, 6.45) is 1.61. The Hall–Kier alpha value is -3.91. The first-order chi connectivity index (χ1) is 15.1. The number of anilines is 1. The highest BCUT2D eigenvalue weighted by atomic mass is 32.1. The third-order valence-corrected chi connectivity index (χ3v) is 4.31. The first-order valence-corrected chi connectivity index (χ1v) is 9.69. The number of nitrogens with zero attached hydrogens (tertiary/aromatic N) is 1. The molecule has 0 bridgehead atoms. The zero-order valence-corrected chi connectivity index (χ0v) is 17.8. The molecule has 3 aromatic rings. The molecule has 0 saturated carbocycles. The molecule has 0 unspecified atom stereocenters. The summed E-state index contributed by atoms with van der Waals surface area (Å²) >= 11 is 5.19. The predicted octanol–water partition coefficient (Wildman–Crippen LogP) is 4.24. The fourth-order valence-corrected chi connectivity index (χ4v) is 2.77. The van der Waals surface area contributed by atoms with Gasteiger partial charge >= 0.3 is 5.97 Å². The average Bonchev–Trinajstić information content (AvgIpc) is 2.80. The number of rotatable bonds is 7. The molecular formula is C23H21N3O4S. The highest BCUT2D eigenvalue weighted by Gasteiger charge is 2.12. The number of benzene rings is 3. The van der Waals surface area contributed by atoms with E-state index in [1.807, 2.05) is 30.3 Å². The zero-order valence-electron chi connectivity index (χ0n) is 17.0. The van der Waals surface area contributed by atoms with Gasteiger partial charge in [-0.1, -0.05) is 18.2 Å². The van der Waals surface area contributed by atoms with Gasteiger partial charge in [0.05, 0.1) is 26.0 Å². The average molecular weight is 436 g/mol. The van der Waals surface area contributed by atoms with Crippen LogP contribution < -0.4 is 25.0 Å². The summed E-state index contributed by atoms with van der Waals surface area (Å²) in [7, 11) is 3.04. The number of para-hydroxylation sites is 1. The molecular weight excluding hydrogens is 414 g/mol. The molecule has 0 fully saturated rings. The smallest absolute Gasteiger partial charge is 0.343 e. The Balaban J connectivity index is 1.54. The number of hydrogen-bond donors (Lipinski definition) is 2. The van der Waals surface area contributed by atoms with Crippen LogP contribution in [0.1, 0.15) is 15.9 Å². The van der Waals surface area contributed by atoms with Crippen LogP contribution in [0, 0.1) is 0 Å². The molecule has 0 heterocycles. The third-order valence-electron chi connectivity index (χ3n) is 4.12. The minimum absolute atomic E-state index is 0.354. The minimum Gasteiger partial charge on any atom is -0.493 e. The van der Waals surface area contributed by atoms with Crippen molar-refractivity contribution in [2.75, 3.05) is 19.5 Å². The van der Waals surface area contributed by atoms with Crippen LogP contribution in [0.15, 0.2) is 77.9 Å². The van der Waals surface area contributed by atoms with Crippen LogP contribution >= 0.6 is 12.2 Å². The summed E-state index contributed by atoms with van der Waals surface area (Å²) < 4.78 is 15.8. The predicted molar refractivity (Wildman–Crippen MR) is 124 cm³/mol. The van der Waals surface area contributed by atoms with Gasteiger partial charge in [-0.05, 0) is 72.4 Å². The highest BCUT2D eigenvalue weighted by molar-refractivity contribution is 7.80. The lowest BCUT2D eigenvalue weighted by molar-refractivity contribution is 0.0734. The Labute approximate surface area is 185 Å². The van der Waals surface area contributed by atoms with Gasteiger partial charge in [0.1, 0.15) is 5.75 Å². The molecule has 2 N–H and O–H groups in total. The number of nitrogens with one attached hydrogen (secondary N) is 2. The Bertz CT molecular complexity index is 1070. The van der Waals surface area contributed by atoms with Crippen LogP contribution in [0.2, 0.25) is 0 Å². The third kappa shape index (κ3) is 6.28. The molecule has 0 amide bonds. The Morgan fingerprint density at radius 3 is 2.32 bits per heavy atom. The van der Waals surface area contributed by atoms with Gasteiger partial charge in [0.15, 0.2) is 16.6 Å². The van der Waals surface area contributed by atoms with Crippen LogP contribution in [0.5, 0.6) is 17.2 Å². The molecule has 3 rings (SSSR count). The molecule has 0 aliphatic rings. The molecule has 0 atom stereocenters. The normalized spacial score (nSPS) is 10.4. The van der Waals surface area contributed by atoms with Gasteiger partial charge in [-0.15, -0.1) is 0 Å². The van der Waals surface area contributed by atoms with E-state index in [4.69, 9.17) is 26.4 Å². The van der Waals surface area contributed by atoms with E-state index in [-0.39, 0.29) is 0 Å². The molecule has 0 aliphatic heterocycles. The van der Waals surface area contributed by atoms with Gasteiger partial charge in [0.25, 0.3) is 0 Å². The second-order valence-corrected chi connectivity index (χ2v) is 6.63. The van der Waals surface area contributed by atoms with E-state index in [0.29, 0.717) is 27.9 Å². The SMILES string of the molecule is COc1ccc(C(=O)Oc2ccc(/C=N\NC(=S)Nc3ccccc3)cc2)cc1OC. The van der Waals surface area contributed by atoms with Gasteiger partial charge < -0.3 is 19.5 Å². The molecule has 158 valence electrons. The largest absolute Gasteiger partial charge is 0.493 e. The maximum absolute atomic E-state index is 12.4. The van der Waals surface area contributed by atoms with Crippen molar-refractivity contribution in [3.63, 3.8) is 0 Å². The molecule has 3 aromatic carbocycles. The standard InChI is InChI=1S/C23H21N3O4S/c1-28-20-13-10-17(14-21(20)29-2)22(27)30-19-11-8-16(9-12-19)15-24-26-23(31)25-18-6-4-3-5-7-18/h3-15H,1-2H3,(H2,25,26,31)/b24-15-. The molecule has 31 heavy (non-hydrogen) atoms. The highest BCUT2D eigenvalue weighted by Crippen LogP contribution is 2.28. The number of esters is 1. The van der Waals surface area contributed by atoms with Crippen LogP contribution in [-0.2, 0) is 0 Å². The lowest BCUT2D eigenvalue weighted by atomic mass is 10.2. The number of thiocarbonyl (C=S) groups is 1. The second kappa shape index (κ2) is 10.7. The van der Waals surface area contributed by atoms with Crippen LogP contribution in [0.25, 0.3) is 0 Å². The van der Waals surface area contributed by atoms with E-state index in [1.54, 1.807) is 48.7 Å². The Kier molecular flexibility index (Phi) is 7.56. The van der Waals surface area contributed by atoms with Crippen molar-refractivity contribution in [2.45, 2.75) is 0 Å². The number of carbonyl (C=O) groups excluding carboxylic acids is 1. The number of hydrazone groups is 1. The van der Waals surface area contributed by atoms with E-state index < -0.39 is 5.97 Å². The van der Waals surface area contributed by atoms with Gasteiger partial charge in [0.2, 0.25) is 0 Å². The summed E-state index contributed by atoms with van der Waals surface area (Å²) in [5, 5.41) is 7.50. The van der Waals surface area contributed by atoms with Crippen molar-refractivity contribution in [2.24, 2.45) is 5.10 Å². The molecule has 0 spiro atoms. The second-order valence-electron chi connectivity index (χ2n) is 6.22. The fraction of sp³-hybridized carbons (Fsp3) is 0.0870. The Morgan fingerprint density at radius 2 is 1.65 bits per heavy atom. The topological polar surface area (TPSA) is 81.2 Å². The lowest BCUT2D eigenvalue weighted by Gasteiger charge is -2.09. The molecule has 0 radical (unpaired) electrons. The maximum Gasteiger partial charge on any atom is 0.343 e. The summed E-state index contributed by atoms with van der Waals surface area (Å²) in [6, 6.07) is 21.3. The number of carbonyl (C=O) groups is 1. The van der Waals surface area contributed by atoms with Crippen LogP contribution in [0.4, 0.5) is 5.69 Å². The summed E-state index contributed by atoms with van der Waals surface area (Å²) in [6.45, 7) is 0. The van der Waals surface area contributed by atoms with Gasteiger partial charge in [-0.3, -0.25) is 5.43 Å². The Morgan fingerprint density at radius 1 is 0.935 bits per heavy atom. The van der Waals surface area contributed by atoms with Gasteiger partial charge in [-0.25, -0.2) is 4.79 Å². The fourth-order valence-electron chi connectivity index (χ4n) is 2.60. The van der Waals surface area contributed by atoms with Crippen molar-refractivity contribution in [3.8, 4) is 17.2 Å². The van der Waals surface area contributed by atoms with E-state index in [0.717, 1.165) is 11.3 Å². The number of ether oxygens (including phenoxy) is 3. The number of hydrogen-bond acceptors (Lipinski definition) is 6. The molecule has 8 heteroatoms. The van der Waals surface area contributed by atoms with Crippen LogP contribution in [0.3, 0.4) is 0 Å². The van der Waals surface area contributed by atoms with E-state index in [2.05, 4.69) is 15.8 Å². The zero-order chi connectivity index (χ0) is 22.1. The molecule has 0 saturated heterocycles. The molecule has 0 aromatic heterocycles. The van der Waals surface area contributed by atoms with E-state index >= 15 is 0 Å². The van der Waals surface area contributed by atoms with Crippen LogP contribution in [-0.4, -0.2) is 31.5 Å². The van der Waals surface area contributed by atoms with E-state index in [9.17, 15) is 4.79 Å². The van der Waals surface area contributed by atoms with Crippen molar-refractivity contribution in [1.82, 2.24) is 5.43 Å². The maximum atomic E-state index is 12.4. The minimum atomic E-state index is -0.499. The monoisotopic (exact) mass is 435 g/mol. The van der Waals surface area contributed by atoms with Crippen molar-refractivity contribution >= 4 is 35.2 Å².